The third-order valence-electron chi connectivity index (χ3n) is 3.58. The maximum absolute atomic E-state index is 12.0. The molecule has 20 heavy (non-hydrogen) atoms. The van der Waals surface area contributed by atoms with Gasteiger partial charge in [0.15, 0.2) is 0 Å². The molecule has 0 aromatic carbocycles. The van der Waals surface area contributed by atoms with Crippen LogP contribution in [-0.2, 0) is 9.53 Å². The number of nitrogens with one attached hydrogen (secondary N) is 1. The van der Waals surface area contributed by atoms with Crippen molar-refractivity contribution in [2.24, 2.45) is 5.73 Å². The molecule has 5 heteroatoms. The Hall–Kier alpha value is -0.650. The summed E-state index contributed by atoms with van der Waals surface area (Å²) in [4.78, 5) is 14.3. The third-order valence-corrected chi connectivity index (χ3v) is 3.58. The SMILES string of the molecule is CCC(CC)N(CCOC)C(CN)CC(=O)NC(C)C. The first-order valence-electron chi connectivity index (χ1n) is 7.74. The molecule has 0 radical (unpaired) electrons. The number of amides is 1. The number of hydrogen-bond donors (Lipinski definition) is 2. The second-order valence-electron chi connectivity index (χ2n) is 5.52. The predicted molar refractivity (Wildman–Crippen MR) is 83.7 cm³/mol. The smallest absolute Gasteiger partial charge is 0.221 e. The van der Waals surface area contributed by atoms with Gasteiger partial charge in [0, 0.05) is 44.7 Å². The topological polar surface area (TPSA) is 67.6 Å². The highest BCUT2D eigenvalue weighted by atomic mass is 16.5. The van der Waals surface area contributed by atoms with Crippen LogP contribution in [0.2, 0.25) is 0 Å². The van der Waals surface area contributed by atoms with Gasteiger partial charge in [0.25, 0.3) is 0 Å². The minimum absolute atomic E-state index is 0.0730. The van der Waals surface area contributed by atoms with Gasteiger partial charge in [-0.05, 0) is 26.7 Å². The van der Waals surface area contributed by atoms with Gasteiger partial charge in [-0.1, -0.05) is 13.8 Å². The Bertz CT molecular complexity index is 256. The van der Waals surface area contributed by atoms with Crippen molar-refractivity contribution in [1.29, 1.82) is 0 Å². The lowest BCUT2D eigenvalue weighted by Gasteiger charge is -2.36. The Labute approximate surface area is 124 Å². The summed E-state index contributed by atoms with van der Waals surface area (Å²) >= 11 is 0. The van der Waals surface area contributed by atoms with Gasteiger partial charge in [-0.3, -0.25) is 9.69 Å². The monoisotopic (exact) mass is 287 g/mol. The zero-order valence-corrected chi connectivity index (χ0v) is 13.8. The van der Waals surface area contributed by atoms with Gasteiger partial charge in [0.2, 0.25) is 5.91 Å². The largest absolute Gasteiger partial charge is 0.383 e. The van der Waals surface area contributed by atoms with E-state index in [4.69, 9.17) is 10.5 Å². The minimum Gasteiger partial charge on any atom is -0.383 e. The summed E-state index contributed by atoms with van der Waals surface area (Å²) < 4.78 is 5.19. The Morgan fingerprint density at radius 3 is 2.25 bits per heavy atom. The molecule has 3 N–H and O–H groups in total. The molecule has 0 bridgehead atoms. The molecule has 0 aliphatic heterocycles. The van der Waals surface area contributed by atoms with E-state index in [9.17, 15) is 4.79 Å². The van der Waals surface area contributed by atoms with Crippen molar-refractivity contribution < 1.29 is 9.53 Å². The van der Waals surface area contributed by atoms with Gasteiger partial charge < -0.3 is 15.8 Å². The first-order chi connectivity index (χ1) is 9.49. The molecular weight excluding hydrogens is 254 g/mol. The Morgan fingerprint density at radius 1 is 1.25 bits per heavy atom. The number of rotatable bonds is 11. The van der Waals surface area contributed by atoms with Gasteiger partial charge in [-0.15, -0.1) is 0 Å². The van der Waals surface area contributed by atoms with Gasteiger partial charge in [0.05, 0.1) is 6.61 Å². The first kappa shape index (κ1) is 19.4. The average Bonchev–Trinajstić information content (AvgIpc) is 2.40. The average molecular weight is 287 g/mol. The summed E-state index contributed by atoms with van der Waals surface area (Å²) in [7, 11) is 1.70. The van der Waals surface area contributed by atoms with E-state index in [1.54, 1.807) is 7.11 Å². The molecule has 1 unspecified atom stereocenters. The summed E-state index contributed by atoms with van der Waals surface area (Å²) in [6, 6.07) is 0.695. The van der Waals surface area contributed by atoms with Crippen LogP contribution in [0.5, 0.6) is 0 Å². The van der Waals surface area contributed by atoms with Crippen LogP contribution in [0.3, 0.4) is 0 Å². The highest BCUT2D eigenvalue weighted by Crippen LogP contribution is 2.14. The molecule has 0 fully saturated rings. The van der Waals surface area contributed by atoms with Crippen molar-refractivity contribution in [2.75, 3.05) is 26.8 Å². The summed E-state index contributed by atoms with van der Waals surface area (Å²) in [5, 5.41) is 2.94. The number of ether oxygens (including phenoxy) is 1. The van der Waals surface area contributed by atoms with Crippen LogP contribution in [0.4, 0.5) is 0 Å². The molecule has 1 atom stereocenters. The molecule has 0 aliphatic carbocycles. The maximum Gasteiger partial charge on any atom is 0.221 e. The molecule has 5 nitrogen and oxygen atoms in total. The minimum atomic E-state index is 0.0730. The van der Waals surface area contributed by atoms with Crippen LogP contribution >= 0.6 is 0 Å². The molecule has 0 spiro atoms. The highest BCUT2D eigenvalue weighted by Gasteiger charge is 2.25. The van der Waals surface area contributed by atoms with Gasteiger partial charge >= 0.3 is 0 Å². The van der Waals surface area contributed by atoms with Crippen molar-refractivity contribution >= 4 is 5.91 Å². The van der Waals surface area contributed by atoms with Crippen LogP contribution < -0.4 is 11.1 Å². The fraction of sp³-hybridized carbons (Fsp3) is 0.933. The fourth-order valence-corrected chi connectivity index (χ4v) is 2.55. The zero-order chi connectivity index (χ0) is 15.5. The number of carbonyl (C=O) groups is 1. The lowest BCUT2D eigenvalue weighted by molar-refractivity contribution is -0.123. The molecule has 120 valence electrons. The molecule has 1 amide bonds. The normalized spacial score (nSPS) is 13.2. The molecular formula is C15H33N3O2. The first-order valence-corrected chi connectivity index (χ1v) is 7.74. The van der Waals surface area contributed by atoms with Crippen LogP contribution in [-0.4, -0.2) is 55.7 Å². The molecule has 0 aromatic heterocycles. The zero-order valence-electron chi connectivity index (χ0n) is 13.8. The summed E-state index contributed by atoms with van der Waals surface area (Å²) in [6.07, 6.45) is 2.57. The van der Waals surface area contributed by atoms with E-state index < -0.39 is 0 Å². The summed E-state index contributed by atoms with van der Waals surface area (Å²) in [5.41, 5.74) is 5.91. The van der Waals surface area contributed by atoms with Crippen molar-refractivity contribution in [3.8, 4) is 0 Å². The van der Waals surface area contributed by atoms with Crippen LogP contribution in [0.15, 0.2) is 0 Å². The second kappa shape index (κ2) is 11.1. The van der Waals surface area contributed by atoms with Gasteiger partial charge in [-0.2, -0.15) is 0 Å². The van der Waals surface area contributed by atoms with E-state index in [-0.39, 0.29) is 18.0 Å². The molecule has 0 saturated carbocycles. The Kier molecular flexibility index (Phi) is 10.7. The number of hydrogen-bond acceptors (Lipinski definition) is 4. The van der Waals surface area contributed by atoms with Crippen LogP contribution in [0, 0.1) is 0 Å². The predicted octanol–water partition coefficient (Wildman–Crippen LogP) is 1.37. The summed E-state index contributed by atoms with van der Waals surface area (Å²) in [6.45, 7) is 10.3. The third kappa shape index (κ3) is 7.22. The van der Waals surface area contributed by atoms with Gasteiger partial charge in [0.1, 0.15) is 0 Å². The Morgan fingerprint density at radius 2 is 1.85 bits per heavy atom. The van der Waals surface area contributed by atoms with Crippen molar-refractivity contribution in [1.82, 2.24) is 10.2 Å². The molecule has 0 saturated heterocycles. The van der Waals surface area contributed by atoms with E-state index in [0.29, 0.717) is 25.6 Å². The van der Waals surface area contributed by atoms with E-state index in [1.165, 1.54) is 0 Å². The van der Waals surface area contributed by atoms with E-state index >= 15 is 0 Å². The molecule has 0 rings (SSSR count). The van der Waals surface area contributed by atoms with E-state index in [2.05, 4.69) is 24.1 Å². The van der Waals surface area contributed by atoms with Crippen LogP contribution in [0.25, 0.3) is 0 Å². The fourth-order valence-electron chi connectivity index (χ4n) is 2.55. The van der Waals surface area contributed by atoms with Crippen molar-refractivity contribution in [3.63, 3.8) is 0 Å². The Balaban J connectivity index is 4.74. The van der Waals surface area contributed by atoms with E-state index in [0.717, 1.165) is 19.4 Å². The second-order valence-corrected chi connectivity index (χ2v) is 5.52. The maximum atomic E-state index is 12.0. The van der Waals surface area contributed by atoms with E-state index in [1.807, 2.05) is 13.8 Å². The van der Waals surface area contributed by atoms with Gasteiger partial charge in [-0.25, -0.2) is 0 Å². The standard InChI is InChI=1S/C15H33N3O2/c1-6-13(7-2)18(8-9-20-5)14(11-16)10-15(19)17-12(3)4/h12-14H,6-11,16H2,1-5H3,(H,17,19). The molecule has 0 aromatic rings. The van der Waals surface area contributed by atoms with Crippen LogP contribution in [0.1, 0.15) is 47.0 Å². The molecule has 0 aliphatic rings. The summed E-state index contributed by atoms with van der Waals surface area (Å²) in [5.74, 6) is 0.0730. The highest BCUT2D eigenvalue weighted by molar-refractivity contribution is 5.76. The number of carbonyl (C=O) groups excluding carboxylic acids is 1. The van der Waals surface area contributed by atoms with Crippen molar-refractivity contribution in [3.05, 3.63) is 0 Å². The number of methoxy groups -OCH3 is 1. The lowest BCUT2D eigenvalue weighted by atomic mass is 10.0. The molecule has 0 heterocycles. The number of nitrogens with zero attached hydrogens (tertiary/aromatic N) is 1. The number of nitrogens with two attached hydrogens (primary N) is 1. The lowest BCUT2D eigenvalue weighted by Crippen LogP contribution is -2.50. The van der Waals surface area contributed by atoms with Crippen molar-refractivity contribution in [2.45, 2.75) is 65.1 Å². The quantitative estimate of drug-likeness (QED) is 0.602.